The Morgan fingerprint density at radius 2 is 2.13 bits per heavy atom. The lowest BCUT2D eigenvalue weighted by atomic mass is 9.99. The van der Waals surface area contributed by atoms with E-state index in [4.69, 9.17) is 4.74 Å². The first-order valence-electron chi connectivity index (χ1n) is 7.51. The molecule has 3 rings (SSSR count). The molecule has 120 valence electrons. The summed E-state index contributed by atoms with van der Waals surface area (Å²) in [6.07, 6.45) is 0.796. The number of fused-ring (bicyclic) bond motifs is 1. The van der Waals surface area contributed by atoms with Gasteiger partial charge in [-0.3, -0.25) is 14.4 Å². The molecule has 0 bridgehead atoms. The SMILES string of the molecule is Cc1c(C(=O)COC(=O)[C@H]2CCC(=O)NC2)sc2ccccc12. The van der Waals surface area contributed by atoms with Crippen LogP contribution in [0.1, 0.15) is 28.1 Å². The van der Waals surface area contributed by atoms with Gasteiger partial charge in [0, 0.05) is 17.7 Å². The summed E-state index contributed by atoms with van der Waals surface area (Å²) < 4.78 is 6.20. The summed E-state index contributed by atoms with van der Waals surface area (Å²) in [5.74, 6) is -1.01. The monoisotopic (exact) mass is 331 g/mol. The third-order valence-corrected chi connectivity index (χ3v) is 5.36. The predicted molar refractivity (Wildman–Crippen MR) is 87.6 cm³/mol. The number of nitrogens with one attached hydrogen (secondary N) is 1. The molecule has 1 atom stereocenters. The van der Waals surface area contributed by atoms with Crippen LogP contribution in [0.4, 0.5) is 0 Å². The normalized spacial score (nSPS) is 17.8. The molecule has 0 saturated carbocycles. The summed E-state index contributed by atoms with van der Waals surface area (Å²) in [5, 5.41) is 3.69. The van der Waals surface area contributed by atoms with Crippen molar-refractivity contribution < 1.29 is 19.1 Å². The number of thiophene rings is 1. The van der Waals surface area contributed by atoms with Crippen molar-refractivity contribution in [2.75, 3.05) is 13.2 Å². The second-order valence-corrected chi connectivity index (χ2v) is 6.68. The van der Waals surface area contributed by atoms with E-state index >= 15 is 0 Å². The first-order valence-corrected chi connectivity index (χ1v) is 8.32. The third kappa shape index (κ3) is 3.27. The molecule has 0 unspecified atom stereocenters. The molecule has 0 aliphatic carbocycles. The minimum absolute atomic E-state index is 0.0500. The lowest BCUT2D eigenvalue weighted by molar-refractivity contribution is -0.148. The number of amides is 1. The molecular formula is C17H17NO4S. The van der Waals surface area contributed by atoms with Gasteiger partial charge in [-0.1, -0.05) is 18.2 Å². The lowest BCUT2D eigenvalue weighted by Gasteiger charge is -2.20. The number of ether oxygens (including phenoxy) is 1. The van der Waals surface area contributed by atoms with Crippen molar-refractivity contribution in [3.63, 3.8) is 0 Å². The number of piperidine rings is 1. The molecule has 0 radical (unpaired) electrons. The molecule has 0 spiro atoms. The fraction of sp³-hybridized carbons (Fsp3) is 0.353. The Labute approximate surface area is 137 Å². The molecule has 1 aliphatic heterocycles. The Morgan fingerprint density at radius 1 is 1.35 bits per heavy atom. The Hall–Kier alpha value is -2.21. The largest absolute Gasteiger partial charge is 0.457 e. The number of benzene rings is 1. The highest BCUT2D eigenvalue weighted by Crippen LogP contribution is 2.30. The number of hydrogen-bond donors (Lipinski definition) is 1. The second-order valence-electron chi connectivity index (χ2n) is 5.62. The van der Waals surface area contributed by atoms with Gasteiger partial charge in [-0.15, -0.1) is 11.3 Å². The number of hydrogen-bond acceptors (Lipinski definition) is 5. The summed E-state index contributed by atoms with van der Waals surface area (Å²) in [6, 6.07) is 7.83. The van der Waals surface area contributed by atoms with E-state index in [0.29, 0.717) is 17.7 Å². The van der Waals surface area contributed by atoms with E-state index in [1.54, 1.807) is 0 Å². The third-order valence-electron chi connectivity index (χ3n) is 4.04. The molecule has 1 aromatic carbocycles. The van der Waals surface area contributed by atoms with E-state index < -0.39 is 5.97 Å². The maximum Gasteiger partial charge on any atom is 0.311 e. The number of carbonyl (C=O) groups excluding carboxylic acids is 3. The van der Waals surface area contributed by atoms with Crippen LogP contribution in [0.5, 0.6) is 0 Å². The molecular weight excluding hydrogens is 314 g/mol. The van der Waals surface area contributed by atoms with Gasteiger partial charge in [0.2, 0.25) is 11.7 Å². The zero-order valence-electron chi connectivity index (χ0n) is 12.8. The summed E-state index contributed by atoms with van der Waals surface area (Å²) in [4.78, 5) is 36.0. The number of esters is 1. The molecule has 1 aliphatic rings. The summed E-state index contributed by atoms with van der Waals surface area (Å²) in [7, 11) is 0. The van der Waals surface area contributed by atoms with Crippen LogP contribution in [-0.4, -0.2) is 30.8 Å². The quantitative estimate of drug-likeness (QED) is 0.690. The Morgan fingerprint density at radius 3 is 2.83 bits per heavy atom. The van der Waals surface area contributed by atoms with Crippen molar-refractivity contribution in [1.82, 2.24) is 5.32 Å². The van der Waals surface area contributed by atoms with Gasteiger partial charge in [-0.05, 0) is 30.4 Å². The van der Waals surface area contributed by atoms with E-state index in [1.807, 2.05) is 31.2 Å². The molecule has 2 aromatic rings. The van der Waals surface area contributed by atoms with Crippen LogP contribution in [0.15, 0.2) is 24.3 Å². The van der Waals surface area contributed by atoms with Gasteiger partial charge >= 0.3 is 5.97 Å². The standard InChI is InChI=1S/C17H17NO4S/c1-10-12-4-2-3-5-14(12)23-16(10)13(19)9-22-17(21)11-6-7-15(20)18-8-11/h2-5,11H,6-9H2,1H3,(H,18,20)/t11-/m0/s1. The predicted octanol–water partition coefficient (Wildman–Crippen LogP) is 2.46. The molecule has 1 aromatic heterocycles. The fourth-order valence-corrected chi connectivity index (χ4v) is 3.83. The van der Waals surface area contributed by atoms with E-state index in [1.165, 1.54) is 11.3 Å². The molecule has 6 heteroatoms. The van der Waals surface area contributed by atoms with E-state index in [2.05, 4.69) is 5.32 Å². The van der Waals surface area contributed by atoms with Crippen molar-refractivity contribution in [2.45, 2.75) is 19.8 Å². The van der Waals surface area contributed by atoms with Gasteiger partial charge in [0.15, 0.2) is 6.61 Å². The van der Waals surface area contributed by atoms with Crippen LogP contribution in [-0.2, 0) is 14.3 Å². The molecule has 1 amide bonds. The number of ketones is 1. The number of carbonyl (C=O) groups is 3. The maximum absolute atomic E-state index is 12.3. The summed E-state index contributed by atoms with van der Waals surface area (Å²) in [5.41, 5.74) is 0.927. The number of Topliss-reactive ketones (excluding diaryl/α,β-unsaturated/α-hetero) is 1. The number of aryl methyl sites for hydroxylation is 1. The summed E-state index contributed by atoms with van der Waals surface area (Å²) >= 11 is 1.42. The van der Waals surface area contributed by atoms with Gasteiger partial charge < -0.3 is 10.1 Å². The van der Waals surface area contributed by atoms with Crippen LogP contribution in [0.2, 0.25) is 0 Å². The van der Waals surface area contributed by atoms with Gasteiger partial charge in [0.1, 0.15) is 0 Å². The Bertz CT molecular complexity index is 770. The van der Waals surface area contributed by atoms with Gasteiger partial charge in [-0.25, -0.2) is 0 Å². The van der Waals surface area contributed by atoms with Gasteiger partial charge in [0.25, 0.3) is 0 Å². The van der Waals surface area contributed by atoms with E-state index in [0.717, 1.165) is 15.6 Å². The van der Waals surface area contributed by atoms with Crippen LogP contribution >= 0.6 is 11.3 Å². The second kappa shape index (κ2) is 6.50. The average molecular weight is 331 g/mol. The molecule has 1 fully saturated rings. The molecule has 2 heterocycles. The minimum atomic E-state index is -0.419. The van der Waals surface area contributed by atoms with Crippen LogP contribution in [0, 0.1) is 12.8 Å². The van der Waals surface area contributed by atoms with Crippen LogP contribution < -0.4 is 5.32 Å². The van der Waals surface area contributed by atoms with Crippen molar-refractivity contribution in [3.05, 3.63) is 34.7 Å². The molecule has 1 saturated heterocycles. The van der Waals surface area contributed by atoms with E-state index in [-0.39, 0.29) is 30.8 Å². The van der Waals surface area contributed by atoms with Crippen molar-refractivity contribution in [1.29, 1.82) is 0 Å². The Balaban J connectivity index is 1.63. The highest BCUT2D eigenvalue weighted by atomic mass is 32.1. The van der Waals surface area contributed by atoms with Crippen LogP contribution in [0.3, 0.4) is 0 Å². The number of rotatable bonds is 4. The first kappa shape index (κ1) is 15.7. The van der Waals surface area contributed by atoms with Crippen molar-refractivity contribution in [2.24, 2.45) is 5.92 Å². The zero-order valence-corrected chi connectivity index (χ0v) is 13.6. The Kier molecular flexibility index (Phi) is 4.43. The summed E-state index contributed by atoms with van der Waals surface area (Å²) in [6.45, 7) is 1.94. The highest BCUT2D eigenvalue weighted by molar-refractivity contribution is 7.21. The first-order chi connectivity index (χ1) is 11.1. The van der Waals surface area contributed by atoms with Crippen LogP contribution in [0.25, 0.3) is 10.1 Å². The maximum atomic E-state index is 12.3. The van der Waals surface area contributed by atoms with Crippen molar-refractivity contribution >= 4 is 39.1 Å². The lowest BCUT2D eigenvalue weighted by Crippen LogP contribution is -2.39. The molecule has 1 N–H and O–H groups in total. The smallest absolute Gasteiger partial charge is 0.311 e. The van der Waals surface area contributed by atoms with Gasteiger partial charge in [-0.2, -0.15) is 0 Å². The van der Waals surface area contributed by atoms with Gasteiger partial charge in [0.05, 0.1) is 10.8 Å². The average Bonchev–Trinajstić information content (AvgIpc) is 2.90. The molecule has 5 nitrogen and oxygen atoms in total. The van der Waals surface area contributed by atoms with E-state index in [9.17, 15) is 14.4 Å². The highest BCUT2D eigenvalue weighted by Gasteiger charge is 2.26. The fourth-order valence-electron chi connectivity index (χ4n) is 2.69. The minimum Gasteiger partial charge on any atom is -0.457 e. The zero-order chi connectivity index (χ0) is 16.4. The topological polar surface area (TPSA) is 72.5 Å². The molecule has 23 heavy (non-hydrogen) atoms. The van der Waals surface area contributed by atoms with Crippen molar-refractivity contribution in [3.8, 4) is 0 Å².